The minimum atomic E-state index is -1.30. The zero-order valence-corrected chi connectivity index (χ0v) is 23.1. The summed E-state index contributed by atoms with van der Waals surface area (Å²) in [6.07, 6.45) is 12.2. The minimum Gasteiger partial charge on any atom is -0.491 e. The second kappa shape index (κ2) is 12.5. The molecule has 4 unspecified atom stereocenters. The van der Waals surface area contributed by atoms with Crippen molar-refractivity contribution in [3.8, 4) is 22.6 Å². The fourth-order valence-electron chi connectivity index (χ4n) is 6.58. The zero-order valence-electron chi connectivity index (χ0n) is 23.1. The van der Waals surface area contributed by atoms with Crippen molar-refractivity contribution in [3.63, 3.8) is 0 Å². The topological polar surface area (TPSA) is 18.5 Å². The molecule has 0 saturated heterocycles. The zero-order chi connectivity index (χ0) is 28.2. The summed E-state index contributed by atoms with van der Waals surface area (Å²) in [5.41, 5.74) is 1.38. The van der Waals surface area contributed by atoms with E-state index in [1.54, 1.807) is 6.92 Å². The van der Waals surface area contributed by atoms with Gasteiger partial charge >= 0.3 is 0 Å². The van der Waals surface area contributed by atoms with Gasteiger partial charge in [0.25, 0.3) is 0 Å². The molecule has 0 radical (unpaired) electrons. The van der Waals surface area contributed by atoms with Crippen molar-refractivity contribution in [2.45, 2.75) is 64.9 Å². The van der Waals surface area contributed by atoms with Crippen LogP contribution in [0.4, 0.5) is 17.6 Å². The number of allylic oxidation sites excluding steroid dienone is 2. The molecule has 0 amide bonds. The van der Waals surface area contributed by atoms with E-state index in [0.717, 1.165) is 23.3 Å². The van der Waals surface area contributed by atoms with Crippen molar-refractivity contribution >= 4 is 0 Å². The number of hydrogen-bond acceptors (Lipinski definition) is 2. The van der Waals surface area contributed by atoms with Gasteiger partial charge in [-0.3, -0.25) is 0 Å². The van der Waals surface area contributed by atoms with E-state index in [1.807, 2.05) is 12.1 Å². The van der Waals surface area contributed by atoms with Gasteiger partial charge in [0.15, 0.2) is 23.1 Å². The van der Waals surface area contributed by atoms with Gasteiger partial charge in [-0.1, -0.05) is 36.4 Å². The van der Waals surface area contributed by atoms with Gasteiger partial charge in [-0.2, -0.15) is 8.78 Å². The summed E-state index contributed by atoms with van der Waals surface area (Å²) in [5, 5.41) is 0. The highest BCUT2D eigenvalue weighted by atomic mass is 19.2. The highest BCUT2D eigenvalue weighted by Gasteiger charge is 2.35. The SMILES string of the molecule is CC=CC1CCC2CC(c3ccc(COc4ccc(-c5ccc(OCC)c(F)c5F)c(F)c4F)cc3)CCC2C1. The van der Waals surface area contributed by atoms with Gasteiger partial charge in [-0.15, -0.1) is 0 Å². The first-order valence-electron chi connectivity index (χ1n) is 14.3. The lowest BCUT2D eigenvalue weighted by Crippen LogP contribution is -2.30. The van der Waals surface area contributed by atoms with Crippen LogP contribution in [0, 0.1) is 41.0 Å². The number of fused-ring (bicyclic) bond motifs is 1. The van der Waals surface area contributed by atoms with Crippen molar-refractivity contribution in [2.24, 2.45) is 17.8 Å². The van der Waals surface area contributed by atoms with E-state index in [-0.39, 0.29) is 30.3 Å². The van der Waals surface area contributed by atoms with Crippen LogP contribution in [-0.4, -0.2) is 6.61 Å². The number of rotatable bonds is 8. The van der Waals surface area contributed by atoms with Crippen LogP contribution >= 0.6 is 0 Å². The highest BCUT2D eigenvalue weighted by molar-refractivity contribution is 5.67. The molecule has 40 heavy (non-hydrogen) atoms. The molecule has 5 rings (SSSR count). The Bertz CT molecular complexity index is 1350. The number of ether oxygens (including phenoxy) is 2. The predicted molar refractivity (Wildman–Crippen MR) is 149 cm³/mol. The molecule has 2 aliphatic carbocycles. The molecule has 0 spiro atoms. The third kappa shape index (κ3) is 5.91. The summed E-state index contributed by atoms with van der Waals surface area (Å²) in [6.45, 7) is 3.95. The van der Waals surface area contributed by atoms with Crippen molar-refractivity contribution in [1.82, 2.24) is 0 Å². The van der Waals surface area contributed by atoms with Crippen LogP contribution in [0.5, 0.6) is 11.5 Å². The Balaban J connectivity index is 1.21. The summed E-state index contributed by atoms with van der Waals surface area (Å²) in [6, 6.07) is 13.0. The summed E-state index contributed by atoms with van der Waals surface area (Å²) >= 11 is 0. The van der Waals surface area contributed by atoms with Gasteiger partial charge in [0.05, 0.1) is 6.61 Å². The Morgan fingerprint density at radius 1 is 0.700 bits per heavy atom. The molecular weight excluding hydrogens is 516 g/mol. The molecule has 0 bridgehead atoms. The smallest absolute Gasteiger partial charge is 0.201 e. The molecule has 2 saturated carbocycles. The van der Waals surface area contributed by atoms with E-state index < -0.39 is 28.8 Å². The largest absolute Gasteiger partial charge is 0.491 e. The lowest BCUT2D eigenvalue weighted by molar-refractivity contribution is 0.133. The quantitative estimate of drug-likeness (QED) is 0.205. The van der Waals surface area contributed by atoms with Crippen LogP contribution in [0.1, 0.15) is 69.4 Å². The molecule has 0 aromatic heterocycles. The maximum Gasteiger partial charge on any atom is 0.201 e. The molecular formula is C34H36F4O2. The number of hydrogen-bond donors (Lipinski definition) is 0. The first-order valence-corrected chi connectivity index (χ1v) is 14.3. The molecule has 2 fully saturated rings. The maximum absolute atomic E-state index is 14.9. The van der Waals surface area contributed by atoms with Gasteiger partial charge < -0.3 is 9.47 Å². The van der Waals surface area contributed by atoms with Crippen LogP contribution in [0.15, 0.2) is 60.7 Å². The summed E-state index contributed by atoms with van der Waals surface area (Å²) in [4.78, 5) is 0. The molecule has 3 aromatic carbocycles. The Morgan fingerprint density at radius 2 is 1.30 bits per heavy atom. The summed E-state index contributed by atoms with van der Waals surface area (Å²) < 4.78 is 69.2. The molecule has 6 heteroatoms. The molecule has 0 heterocycles. The van der Waals surface area contributed by atoms with Gasteiger partial charge in [-0.25, -0.2) is 8.78 Å². The summed E-state index contributed by atoms with van der Waals surface area (Å²) in [5.74, 6) is -2.72. The van der Waals surface area contributed by atoms with E-state index in [0.29, 0.717) is 5.92 Å². The Labute approximate surface area is 234 Å². The second-order valence-corrected chi connectivity index (χ2v) is 11.1. The fraction of sp³-hybridized carbons (Fsp3) is 0.412. The average Bonchev–Trinajstić information content (AvgIpc) is 2.97. The van der Waals surface area contributed by atoms with Gasteiger partial charge in [0, 0.05) is 11.1 Å². The number of halogens is 4. The molecule has 4 atom stereocenters. The van der Waals surface area contributed by atoms with Crippen LogP contribution in [0.25, 0.3) is 11.1 Å². The minimum absolute atomic E-state index is 0.0593. The molecule has 0 aliphatic heterocycles. The third-order valence-electron chi connectivity index (χ3n) is 8.65. The lowest BCUT2D eigenvalue weighted by Gasteiger charge is -2.41. The number of benzene rings is 3. The van der Waals surface area contributed by atoms with Crippen LogP contribution in [-0.2, 0) is 6.61 Å². The van der Waals surface area contributed by atoms with Gasteiger partial charge in [-0.05, 0) is 111 Å². The standard InChI is InChI=1S/C34H36F4O2/c1-3-5-21-6-11-26-19-25(13-12-24(26)18-21)23-9-7-22(8-10-23)20-40-30-17-15-28(32(36)34(30)38)27-14-16-29(39-4-2)33(37)31(27)35/h3,5,7-10,14-17,21,24-26H,4,6,11-13,18-20H2,1-2H3. The van der Waals surface area contributed by atoms with E-state index >= 15 is 0 Å². The normalized spacial score (nSPS) is 22.8. The Kier molecular flexibility index (Phi) is 8.82. The highest BCUT2D eigenvalue weighted by Crippen LogP contribution is 2.48. The second-order valence-electron chi connectivity index (χ2n) is 11.1. The monoisotopic (exact) mass is 552 g/mol. The Hall–Kier alpha value is -3.28. The van der Waals surface area contributed by atoms with Crippen LogP contribution in [0.3, 0.4) is 0 Å². The predicted octanol–water partition coefficient (Wildman–Crippen LogP) is 9.76. The van der Waals surface area contributed by atoms with E-state index in [2.05, 4.69) is 31.2 Å². The molecule has 212 valence electrons. The van der Waals surface area contributed by atoms with Crippen molar-refractivity contribution in [2.75, 3.05) is 6.61 Å². The first-order chi connectivity index (χ1) is 19.4. The van der Waals surface area contributed by atoms with Crippen molar-refractivity contribution < 1.29 is 27.0 Å². The van der Waals surface area contributed by atoms with Gasteiger partial charge in [0.2, 0.25) is 11.6 Å². The third-order valence-corrected chi connectivity index (χ3v) is 8.65. The van der Waals surface area contributed by atoms with E-state index in [4.69, 9.17) is 9.47 Å². The van der Waals surface area contributed by atoms with Crippen LogP contribution in [0.2, 0.25) is 0 Å². The van der Waals surface area contributed by atoms with Crippen molar-refractivity contribution in [3.05, 3.63) is 95.1 Å². The molecule has 3 aromatic rings. The Morgan fingerprint density at radius 3 is 1.93 bits per heavy atom. The lowest BCUT2D eigenvalue weighted by atomic mass is 9.64. The molecule has 0 N–H and O–H groups in total. The fourth-order valence-corrected chi connectivity index (χ4v) is 6.58. The van der Waals surface area contributed by atoms with Crippen LogP contribution < -0.4 is 9.47 Å². The van der Waals surface area contributed by atoms with Gasteiger partial charge in [0.1, 0.15) is 6.61 Å². The van der Waals surface area contributed by atoms with E-state index in [9.17, 15) is 17.6 Å². The molecule has 2 nitrogen and oxygen atoms in total. The first kappa shape index (κ1) is 28.3. The molecule has 2 aliphatic rings. The average molecular weight is 553 g/mol. The van der Waals surface area contributed by atoms with Crippen molar-refractivity contribution in [1.29, 1.82) is 0 Å². The van der Waals surface area contributed by atoms with E-state index in [1.165, 1.54) is 68.4 Å². The summed E-state index contributed by atoms with van der Waals surface area (Å²) in [7, 11) is 0. The maximum atomic E-state index is 14.9.